The van der Waals surface area contributed by atoms with Crippen LogP contribution in [-0.4, -0.2) is 14.2 Å². The molecule has 0 radical (unpaired) electrons. The molecule has 0 heterocycles. The molecule has 0 unspecified atom stereocenters. The summed E-state index contributed by atoms with van der Waals surface area (Å²) in [7, 11) is 3.21. The van der Waals surface area contributed by atoms with Crippen molar-refractivity contribution in [1.82, 2.24) is 0 Å². The number of hydrogen-bond donors (Lipinski definition) is 0. The molecule has 1 aromatic rings. The van der Waals surface area contributed by atoms with Crippen molar-refractivity contribution < 1.29 is 9.47 Å². The Kier molecular flexibility index (Phi) is 4.74. The molecular formula is C8H6Br4O2. The molecule has 0 atom stereocenters. The molecule has 0 aromatic heterocycles. The zero-order chi connectivity index (χ0) is 10.9. The van der Waals surface area contributed by atoms with Gasteiger partial charge in [-0.15, -0.1) is 0 Å². The van der Waals surface area contributed by atoms with E-state index in [1.165, 1.54) is 0 Å². The maximum absolute atomic E-state index is 5.23. The van der Waals surface area contributed by atoms with Gasteiger partial charge in [-0.2, -0.15) is 0 Å². The fourth-order valence-corrected chi connectivity index (χ4v) is 3.64. The standard InChI is InChI=1S/C8H6Br4O2/c1-13-7-3(9)5(11)8(14-2)6(12)4(7)10/h1-2H3. The summed E-state index contributed by atoms with van der Waals surface area (Å²) in [5, 5.41) is 0. The Hall–Kier alpha value is 0.740. The average Bonchev–Trinajstić information content (AvgIpc) is 2.17. The predicted octanol–water partition coefficient (Wildman–Crippen LogP) is 4.75. The summed E-state index contributed by atoms with van der Waals surface area (Å²) in [5.74, 6) is 1.43. The first-order valence-corrected chi connectivity index (χ1v) is 6.65. The molecule has 0 saturated heterocycles. The van der Waals surface area contributed by atoms with Crippen LogP contribution < -0.4 is 9.47 Å². The van der Waals surface area contributed by atoms with Gasteiger partial charge in [-0.1, -0.05) is 0 Å². The monoisotopic (exact) mass is 450 g/mol. The summed E-state index contributed by atoms with van der Waals surface area (Å²) in [6.07, 6.45) is 0. The molecular weight excluding hydrogens is 448 g/mol. The predicted molar refractivity (Wildman–Crippen MR) is 70.3 cm³/mol. The highest BCUT2D eigenvalue weighted by atomic mass is 79.9. The van der Waals surface area contributed by atoms with Crippen LogP contribution in [0.3, 0.4) is 0 Å². The summed E-state index contributed by atoms with van der Waals surface area (Å²) in [4.78, 5) is 0. The van der Waals surface area contributed by atoms with Gasteiger partial charge in [-0.3, -0.25) is 0 Å². The zero-order valence-corrected chi connectivity index (χ0v) is 13.7. The molecule has 0 aliphatic heterocycles. The van der Waals surface area contributed by atoms with Gasteiger partial charge in [0, 0.05) is 0 Å². The van der Waals surface area contributed by atoms with E-state index in [1.807, 2.05) is 0 Å². The molecule has 2 nitrogen and oxygen atoms in total. The molecule has 0 aliphatic rings. The van der Waals surface area contributed by atoms with E-state index in [0.29, 0.717) is 11.5 Å². The third kappa shape index (κ3) is 2.13. The summed E-state index contributed by atoms with van der Waals surface area (Å²) >= 11 is 13.7. The molecule has 78 valence electrons. The first kappa shape index (κ1) is 12.8. The van der Waals surface area contributed by atoms with E-state index in [4.69, 9.17) is 9.47 Å². The van der Waals surface area contributed by atoms with E-state index in [0.717, 1.165) is 17.9 Å². The lowest BCUT2D eigenvalue weighted by atomic mass is 10.3. The number of ether oxygens (including phenoxy) is 2. The van der Waals surface area contributed by atoms with Crippen molar-refractivity contribution in [3.63, 3.8) is 0 Å². The zero-order valence-electron chi connectivity index (χ0n) is 7.33. The molecule has 1 rings (SSSR count). The number of halogens is 4. The number of methoxy groups -OCH3 is 2. The van der Waals surface area contributed by atoms with Gasteiger partial charge in [0.05, 0.1) is 32.1 Å². The first-order valence-electron chi connectivity index (χ1n) is 3.48. The minimum absolute atomic E-state index is 0.713. The van der Waals surface area contributed by atoms with E-state index in [1.54, 1.807) is 14.2 Å². The molecule has 0 amide bonds. The summed E-state index contributed by atoms with van der Waals surface area (Å²) in [6.45, 7) is 0. The van der Waals surface area contributed by atoms with Crippen LogP contribution in [0.15, 0.2) is 17.9 Å². The highest BCUT2D eigenvalue weighted by molar-refractivity contribution is 9.14. The van der Waals surface area contributed by atoms with Crippen LogP contribution >= 0.6 is 63.7 Å². The van der Waals surface area contributed by atoms with Crippen LogP contribution in [-0.2, 0) is 0 Å². The third-order valence-electron chi connectivity index (χ3n) is 1.59. The van der Waals surface area contributed by atoms with Crippen LogP contribution in [0.2, 0.25) is 0 Å². The largest absolute Gasteiger partial charge is 0.494 e. The van der Waals surface area contributed by atoms with Crippen molar-refractivity contribution in [2.45, 2.75) is 0 Å². The molecule has 6 heteroatoms. The van der Waals surface area contributed by atoms with Gasteiger partial charge in [0.2, 0.25) is 0 Å². The Labute approximate surface area is 116 Å². The van der Waals surface area contributed by atoms with Gasteiger partial charge in [0.1, 0.15) is 11.5 Å². The smallest absolute Gasteiger partial charge is 0.149 e. The van der Waals surface area contributed by atoms with Gasteiger partial charge in [-0.05, 0) is 63.7 Å². The summed E-state index contributed by atoms with van der Waals surface area (Å²) in [5.41, 5.74) is 0. The normalized spacial score (nSPS) is 10.1. The first-order chi connectivity index (χ1) is 6.54. The van der Waals surface area contributed by atoms with Crippen LogP contribution in [0, 0.1) is 0 Å². The topological polar surface area (TPSA) is 18.5 Å². The van der Waals surface area contributed by atoms with Gasteiger partial charge in [0.15, 0.2) is 0 Å². The quantitative estimate of drug-likeness (QED) is 0.602. The van der Waals surface area contributed by atoms with E-state index >= 15 is 0 Å². The molecule has 0 fully saturated rings. The minimum Gasteiger partial charge on any atom is -0.494 e. The van der Waals surface area contributed by atoms with E-state index < -0.39 is 0 Å². The van der Waals surface area contributed by atoms with Crippen molar-refractivity contribution >= 4 is 63.7 Å². The van der Waals surface area contributed by atoms with Gasteiger partial charge in [-0.25, -0.2) is 0 Å². The van der Waals surface area contributed by atoms with Crippen molar-refractivity contribution in [1.29, 1.82) is 0 Å². The van der Waals surface area contributed by atoms with Gasteiger partial charge >= 0.3 is 0 Å². The SMILES string of the molecule is COc1c(Br)c(Br)c(OC)c(Br)c1Br. The Balaban J connectivity index is 3.55. The lowest BCUT2D eigenvalue weighted by Crippen LogP contribution is -1.93. The second kappa shape index (κ2) is 5.18. The number of hydrogen-bond acceptors (Lipinski definition) is 2. The maximum Gasteiger partial charge on any atom is 0.149 e. The van der Waals surface area contributed by atoms with Crippen LogP contribution in [0.1, 0.15) is 0 Å². The lowest BCUT2D eigenvalue weighted by Gasteiger charge is -2.14. The van der Waals surface area contributed by atoms with Gasteiger partial charge in [0.25, 0.3) is 0 Å². The molecule has 1 aromatic carbocycles. The minimum atomic E-state index is 0.713. The van der Waals surface area contributed by atoms with Crippen LogP contribution in [0.5, 0.6) is 11.5 Å². The van der Waals surface area contributed by atoms with Crippen LogP contribution in [0.4, 0.5) is 0 Å². The van der Waals surface area contributed by atoms with Crippen molar-refractivity contribution in [2.75, 3.05) is 14.2 Å². The maximum atomic E-state index is 5.23. The van der Waals surface area contributed by atoms with Crippen molar-refractivity contribution in [3.05, 3.63) is 17.9 Å². The molecule has 0 saturated carbocycles. The van der Waals surface area contributed by atoms with E-state index in [9.17, 15) is 0 Å². The highest BCUT2D eigenvalue weighted by Gasteiger charge is 2.19. The summed E-state index contributed by atoms with van der Waals surface area (Å²) in [6, 6.07) is 0. The van der Waals surface area contributed by atoms with Crippen LogP contribution in [0.25, 0.3) is 0 Å². The average molecular weight is 454 g/mol. The third-order valence-corrected chi connectivity index (χ3v) is 5.68. The van der Waals surface area contributed by atoms with Gasteiger partial charge < -0.3 is 9.47 Å². The Bertz CT molecular complexity index is 301. The van der Waals surface area contributed by atoms with E-state index in [2.05, 4.69) is 63.7 Å². The summed E-state index contributed by atoms with van der Waals surface area (Å²) < 4.78 is 13.7. The molecule has 0 N–H and O–H groups in total. The second-order valence-corrected chi connectivity index (χ2v) is 5.49. The Morgan fingerprint density at radius 3 is 1.00 bits per heavy atom. The molecule has 0 bridgehead atoms. The molecule has 14 heavy (non-hydrogen) atoms. The number of benzene rings is 1. The molecule has 0 aliphatic carbocycles. The lowest BCUT2D eigenvalue weighted by molar-refractivity contribution is 0.394. The Morgan fingerprint density at radius 2 is 0.857 bits per heavy atom. The highest BCUT2D eigenvalue weighted by Crippen LogP contribution is 2.49. The fraction of sp³-hybridized carbons (Fsp3) is 0.250. The van der Waals surface area contributed by atoms with Crippen molar-refractivity contribution in [3.8, 4) is 11.5 Å². The van der Waals surface area contributed by atoms with E-state index in [-0.39, 0.29) is 0 Å². The Morgan fingerprint density at radius 1 is 0.643 bits per heavy atom. The molecule has 0 spiro atoms. The van der Waals surface area contributed by atoms with Crippen molar-refractivity contribution in [2.24, 2.45) is 0 Å². The fourth-order valence-electron chi connectivity index (χ4n) is 0.950. The second-order valence-electron chi connectivity index (χ2n) is 2.32. The number of rotatable bonds is 2.